The zero-order valence-corrected chi connectivity index (χ0v) is 13.7. The molecule has 0 saturated heterocycles. The molecule has 2 unspecified atom stereocenters. The second kappa shape index (κ2) is 6.16. The van der Waals surface area contributed by atoms with E-state index in [-0.39, 0.29) is 23.5 Å². The molecule has 0 heterocycles. The van der Waals surface area contributed by atoms with E-state index in [1.54, 1.807) is 0 Å². The van der Waals surface area contributed by atoms with E-state index < -0.39 is 17.9 Å². The summed E-state index contributed by atoms with van der Waals surface area (Å²) < 4.78 is 6.15. The van der Waals surface area contributed by atoms with Crippen LogP contribution in [0.5, 0.6) is 0 Å². The Morgan fingerprint density at radius 3 is 2.45 bits per heavy atom. The van der Waals surface area contributed by atoms with Crippen LogP contribution in [0.25, 0.3) is 0 Å². The van der Waals surface area contributed by atoms with Gasteiger partial charge in [-0.25, -0.2) is 0 Å². The number of nitrogens with two attached hydrogens (primary N) is 1. The predicted molar refractivity (Wildman–Crippen MR) is 82.3 cm³/mol. The largest absolute Gasteiger partial charge is 0.481 e. The molecule has 3 atom stereocenters. The second-order valence-electron chi connectivity index (χ2n) is 7.71. The van der Waals surface area contributed by atoms with Crippen molar-refractivity contribution in [3.63, 3.8) is 0 Å². The summed E-state index contributed by atoms with van der Waals surface area (Å²) in [5.41, 5.74) is 5.43. The highest BCUT2D eigenvalue weighted by Crippen LogP contribution is 2.45. The number of carbonyl (C=O) groups is 2. The quantitative estimate of drug-likeness (QED) is 0.657. The van der Waals surface area contributed by atoms with Crippen LogP contribution in [0.2, 0.25) is 0 Å². The average Bonchev–Trinajstić information content (AvgIpc) is 3.09. The van der Waals surface area contributed by atoms with Gasteiger partial charge in [0, 0.05) is 0 Å². The lowest BCUT2D eigenvalue weighted by Crippen LogP contribution is -2.50. The lowest BCUT2D eigenvalue weighted by Gasteiger charge is -2.31. The fourth-order valence-electron chi connectivity index (χ4n) is 3.39. The molecular formula is C16H28N2O4. The van der Waals surface area contributed by atoms with Crippen LogP contribution in [0.1, 0.15) is 52.9 Å². The fourth-order valence-corrected chi connectivity index (χ4v) is 3.39. The first-order valence-electron chi connectivity index (χ1n) is 8.06. The summed E-state index contributed by atoms with van der Waals surface area (Å²) in [7, 11) is 0. The summed E-state index contributed by atoms with van der Waals surface area (Å²) in [5.74, 6) is -0.941. The molecule has 6 heteroatoms. The summed E-state index contributed by atoms with van der Waals surface area (Å²) in [6.07, 6.45) is 3.90. The van der Waals surface area contributed by atoms with Crippen LogP contribution in [-0.4, -0.2) is 41.3 Å². The van der Waals surface area contributed by atoms with E-state index in [1.807, 2.05) is 0 Å². The molecule has 0 spiro atoms. The summed E-state index contributed by atoms with van der Waals surface area (Å²) in [5, 5.41) is 11.6. The first kappa shape index (κ1) is 17.2. The Morgan fingerprint density at radius 2 is 2.00 bits per heavy atom. The molecule has 22 heavy (non-hydrogen) atoms. The van der Waals surface area contributed by atoms with Gasteiger partial charge in [0.25, 0.3) is 0 Å². The number of hydrogen-bond donors (Lipinski definition) is 3. The van der Waals surface area contributed by atoms with Gasteiger partial charge < -0.3 is 20.9 Å². The van der Waals surface area contributed by atoms with E-state index in [4.69, 9.17) is 15.6 Å². The third-order valence-electron chi connectivity index (χ3n) is 5.04. The molecule has 6 nitrogen and oxygen atoms in total. The normalized spacial score (nSPS) is 29.8. The van der Waals surface area contributed by atoms with Crippen LogP contribution in [0, 0.1) is 11.3 Å². The Morgan fingerprint density at radius 1 is 1.36 bits per heavy atom. The Balaban J connectivity index is 1.85. The molecule has 0 aromatic heterocycles. The molecule has 2 fully saturated rings. The van der Waals surface area contributed by atoms with E-state index >= 15 is 0 Å². The number of rotatable bonds is 7. The third kappa shape index (κ3) is 3.98. The summed E-state index contributed by atoms with van der Waals surface area (Å²) in [4.78, 5) is 22.6. The van der Waals surface area contributed by atoms with Crippen molar-refractivity contribution < 1.29 is 19.4 Å². The predicted octanol–water partition coefficient (Wildman–Crippen LogP) is 1.28. The molecule has 0 aromatic carbocycles. The molecule has 2 rings (SSSR count). The van der Waals surface area contributed by atoms with Gasteiger partial charge in [-0.15, -0.1) is 0 Å². The molecular weight excluding hydrogens is 284 g/mol. The van der Waals surface area contributed by atoms with Gasteiger partial charge in [-0.1, -0.05) is 20.8 Å². The van der Waals surface area contributed by atoms with Crippen molar-refractivity contribution >= 4 is 11.9 Å². The van der Waals surface area contributed by atoms with Crippen LogP contribution in [0.3, 0.4) is 0 Å². The van der Waals surface area contributed by atoms with Crippen molar-refractivity contribution in [1.82, 2.24) is 5.32 Å². The monoisotopic (exact) mass is 312 g/mol. The van der Waals surface area contributed by atoms with Crippen LogP contribution >= 0.6 is 0 Å². The van der Waals surface area contributed by atoms with E-state index in [2.05, 4.69) is 26.1 Å². The van der Waals surface area contributed by atoms with Gasteiger partial charge in [0.1, 0.15) is 0 Å². The highest BCUT2D eigenvalue weighted by Gasteiger charge is 2.48. The van der Waals surface area contributed by atoms with Crippen molar-refractivity contribution in [1.29, 1.82) is 0 Å². The zero-order chi connectivity index (χ0) is 16.5. The molecule has 0 aliphatic heterocycles. The Bertz CT molecular complexity index is 445. The number of aliphatic carboxylic acids is 1. The van der Waals surface area contributed by atoms with Crippen LogP contribution in [0.4, 0.5) is 0 Å². The van der Waals surface area contributed by atoms with E-state index in [9.17, 15) is 9.59 Å². The number of carboxylic acid groups (broad SMARTS) is 1. The van der Waals surface area contributed by atoms with Crippen molar-refractivity contribution in [2.24, 2.45) is 17.1 Å². The molecule has 2 aliphatic rings. The van der Waals surface area contributed by atoms with Gasteiger partial charge in [0.05, 0.1) is 30.7 Å². The maximum absolute atomic E-state index is 12.0. The lowest BCUT2D eigenvalue weighted by atomic mass is 9.87. The van der Waals surface area contributed by atoms with Crippen LogP contribution < -0.4 is 11.1 Å². The maximum Gasteiger partial charge on any atom is 0.305 e. The van der Waals surface area contributed by atoms with Crippen molar-refractivity contribution in [2.45, 2.75) is 70.6 Å². The van der Waals surface area contributed by atoms with E-state index in [0.29, 0.717) is 12.5 Å². The first-order chi connectivity index (χ1) is 10.2. The Labute approximate surface area is 131 Å². The number of amides is 1. The average molecular weight is 312 g/mol. The standard InChI is InChI=1S/C16H28N2O4/c1-10-4-5-15(2,3)13(10)22-9-16(6-7-16)18-14(21)11(17)8-12(19)20/h10-11,13H,4-9,17H2,1-3H3,(H,18,21)(H,19,20)/t10?,11-,13?/m0/s1. The number of ether oxygens (including phenoxy) is 1. The first-order valence-corrected chi connectivity index (χ1v) is 8.06. The number of carbonyl (C=O) groups excluding carboxylic acids is 1. The van der Waals surface area contributed by atoms with Crippen molar-refractivity contribution in [3.8, 4) is 0 Å². The molecule has 2 aliphatic carbocycles. The van der Waals surface area contributed by atoms with Crippen LogP contribution in [0.15, 0.2) is 0 Å². The second-order valence-corrected chi connectivity index (χ2v) is 7.71. The highest BCUT2D eigenvalue weighted by atomic mass is 16.5. The lowest BCUT2D eigenvalue weighted by molar-refractivity contribution is -0.139. The van der Waals surface area contributed by atoms with Gasteiger partial charge >= 0.3 is 5.97 Å². The van der Waals surface area contributed by atoms with Gasteiger partial charge in [-0.3, -0.25) is 9.59 Å². The number of nitrogens with one attached hydrogen (secondary N) is 1. The Hall–Kier alpha value is -1.14. The molecule has 2 saturated carbocycles. The molecule has 1 amide bonds. The van der Waals surface area contributed by atoms with Crippen molar-refractivity contribution in [2.75, 3.05) is 6.61 Å². The molecule has 0 radical (unpaired) electrons. The SMILES string of the molecule is CC1CCC(C)(C)C1OCC1(NC(=O)[C@@H](N)CC(=O)O)CC1. The summed E-state index contributed by atoms with van der Waals surface area (Å²) in [6.45, 7) is 7.14. The minimum atomic E-state index is -1.06. The van der Waals surface area contributed by atoms with Gasteiger partial charge in [-0.05, 0) is 37.0 Å². The van der Waals surface area contributed by atoms with Gasteiger partial charge in [0.2, 0.25) is 5.91 Å². The minimum Gasteiger partial charge on any atom is -0.481 e. The molecule has 0 aromatic rings. The molecule has 0 bridgehead atoms. The topological polar surface area (TPSA) is 102 Å². The highest BCUT2D eigenvalue weighted by molar-refractivity contribution is 5.86. The summed E-state index contributed by atoms with van der Waals surface area (Å²) >= 11 is 0. The minimum absolute atomic E-state index is 0.166. The smallest absolute Gasteiger partial charge is 0.305 e. The Kier molecular flexibility index (Phi) is 4.82. The maximum atomic E-state index is 12.0. The van der Waals surface area contributed by atoms with Crippen LogP contribution in [-0.2, 0) is 14.3 Å². The zero-order valence-electron chi connectivity index (χ0n) is 13.7. The fraction of sp³-hybridized carbons (Fsp3) is 0.875. The summed E-state index contributed by atoms with van der Waals surface area (Å²) in [6, 6.07) is -1.00. The molecule has 126 valence electrons. The number of hydrogen-bond acceptors (Lipinski definition) is 4. The van der Waals surface area contributed by atoms with Gasteiger partial charge in [0.15, 0.2) is 0 Å². The third-order valence-corrected chi connectivity index (χ3v) is 5.04. The van der Waals surface area contributed by atoms with E-state index in [1.165, 1.54) is 6.42 Å². The van der Waals surface area contributed by atoms with E-state index in [0.717, 1.165) is 19.3 Å². The molecule has 4 N–H and O–H groups in total. The number of carboxylic acids is 1. The van der Waals surface area contributed by atoms with Crippen molar-refractivity contribution in [3.05, 3.63) is 0 Å². The van der Waals surface area contributed by atoms with Gasteiger partial charge in [-0.2, -0.15) is 0 Å².